The first kappa shape index (κ1) is 22.6. The lowest BCUT2D eigenvalue weighted by molar-refractivity contribution is -0.136. The number of hydrogen-bond donors (Lipinski definition) is 0. The molecule has 5 heteroatoms. The van der Waals surface area contributed by atoms with Crippen LogP contribution >= 0.6 is 0 Å². The third-order valence-electron chi connectivity index (χ3n) is 6.33. The molecule has 0 spiro atoms. The van der Waals surface area contributed by atoms with Crippen molar-refractivity contribution in [2.75, 3.05) is 27.2 Å². The van der Waals surface area contributed by atoms with E-state index in [0.717, 1.165) is 17.5 Å². The Bertz CT molecular complexity index is 1070. The summed E-state index contributed by atoms with van der Waals surface area (Å²) in [5.41, 5.74) is 2.86. The summed E-state index contributed by atoms with van der Waals surface area (Å²) in [4.78, 5) is 30.4. The highest BCUT2D eigenvalue weighted by Gasteiger charge is 2.36. The predicted octanol–water partition coefficient (Wildman–Crippen LogP) is 4.60. The Morgan fingerprint density at radius 1 is 0.909 bits per heavy atom. The van der Waals surface area contributed by atoms with Crippen LogP contribution in [0.1, 0.15) is 33.8 Å². The molecule has 33 heavy (non-hydrogen) atoms. The van der Waals surface area contributed by atoms with Crippen LogP contribution in [0.4, 0.5) is 0 Å². The third-order valence-corrected chi connectivity index (χ3v) is 6.33. The maximum atomic E-state index is 13.4. The minimum atomic E-state index is -0.250. The zero-order chi connectivity index (χ0) is 23.2. The number of rotatable bonds is 6. The molecule has 1 aliphatic heterocycles. The smallest absolute Gasteiger partial charge is 0.253 e. The molecular formula is C28H30N2O3. The number of ether oxygens (including phenoxy) is 1. The summed E-state index contributed by atoms with van der Waals surface area (Å²) in [6, 6.07) is 27.3. The number of carbonyl (C=O) groups is 2. The average molecular weight is 443 g/mol. The monoisotopic (exact) mass is 442 g/mol. The summed E-state index contributed by atoms with van der Waals surface area (Å²) in [6.45, 7) is 1.58. The second-order valence-corrected chi connectivity index (χ2v) is 8.66. The second-order valence-electron chi connectivity index (χ2n) is 8.66. The Morgan fingerprint density at radius 2 is 1.55 bits per heavy atom. The SMILES string of the molecule is COc1ccc(C(=O)N2C[C@@H](C(=O)N(C)Cc3ccccc3)C[C@H](c3ccccc3)C2)cc1. The summed E-state index contributed by atoms with van der Waals surface area (Å²) in [5.74, 6) is 0.595. The summed E-state index contributed by atoms with van der Waals surface area (Å²) in [7, 11) is 3.45. The molecule has 170 valence electrons. The van der Waals surface area contributed by atoms with Crippen molar-refractivity contribution in [2.24, 2.45) is 5.92 Å². The average Bonchev–Trinajstić information content (AvgIpc) is 2.88. The molecule has 0 aliphatic carbocycles. The van der Waals surface area contributed by atoms with Crippen LogP contribution < -0.4 is 4.74 Å². The maximum absolute atomic E-state index is 13.4. The maximum Gasteiger partial charge on any atom is 0.253 e. The highest BCUT2D eigenvalue weighted by atomic mass is 16.5. The van der Waals surface area contributed by atoms with Crippen LogP contribution in [-0.4, -0.2) is 48.9 Å². The van der Waals surface area contributed by atoms with Gasteiger partial charge >= 0.3 is 0 Å². The van der Waals surface area contributed by atoms with Gasteiger partial charge in [0.1, 0.15) is 5.75 Å². The van der Waals surface area contributed by atoms with Crippen LogP contribution in [0.15, 0.2) is 84.9 Å². The van der Waals surface area contributed by atoms with E-state index in [-0.39, 0.29) is 23.7 Å². The Kier molecular flexibility index (Phi) is 7.08. The molecule has 0 unspecified atom stereocenters. The highest BCUT2D eigenvalue weighted by Crippen LogP contribution is 2.32. The molecule has 5 nitrogen and oxygen atoms in total. The van der Waals surface area contributed by atoms with E-state index in [1.54, 1.807) is 36.3 Å². The predicted molar refractivity (Wildman–Crippen MR) is 129 cm³/mol. The van der Waals surface area contributed by atoms with Crippen molar-refractivity contribution in [3.05, 3.63) is 102 Å². The Balaban J connectivity index is 1.55. The van der Waals surface area contributed by atoms with Gasteiger partial charge in [-0.25, -0.2) is 0 Å². The number of carbonyl (C=O) groups excluding carboxylic acids is 2. The van der Waals surface area contributed by atoms with Crippen LogP contribution in [0, 0.1) is 5.92 Å². The molecule has 1 saturated heterocycles. The van der Waals surface area contributed by atoms with Crippen molar-refractivity contribution >= 4 is 11.8 Å². The van der Waals surface area contributed by atoms with Gasteiger partial charge in [0.2, 0.25) is 5.91 Å². The van der Waals surface area contributed by atoms with E-state index >= 15 is 0 Å². The van der Waals surface area contributed by atoms with Gasteiger partial charge in [0.15, 0.2) is 0 Å². The Morgan fingerprint density at radius 3 is 2.18 bits per heavy atom. The van der Waals surface area contributed by atoms with Crippen LogP contribution in [0.3, 0.4) is 0 Å². The zero-order valence-corrected chi connectivity index (χ0v) is 19.2. The van der Waals surface area contributed by atoms with E-state index in [9.17, 15) is 9.59 Å². The van der Waals surface area contributed by atoms with E-state index in [1.807, 2.05) is 60.5 Å². The molecular weight excluding hydrogens is 412 g/mol. The van der Waals surface area contributed by atoms with Crippen LogP contribution in [0.2, 0.25) is 0 Å². The quantitative estimate of drug-likeness (QED) is 0.561. The fourth-order valence-electron chi connectivity index (χ4n) is 4.57. The molecule has 1 fully saturated rings. The van der Waals surface area contributed by atoms with Crippen molar-refractivity contribution in [1.29, 1.82) is 0 Å². The zero-order valence-electron chi connectivity index (χ0n) is 19.2. The topological polar surface area (TPSA) is 49.9 Å². The molecule has 4 rings (SSSR count). The standard InChI is InChI=1S/C28H30N2O3/c1-29(18-21-9-5-3-6-10-21)27(31)25-17-24(22-11-7-4-8-12-22)19-30(20-25)28(32)23-13-15-26(33-2)16-14-23/h3-16,24-25H,17-20H2,1-2H3/t24-,25-/m0/s1. The van der Waals surface area contributed by atoms with Gasteiger partial charge in [-0.05, 0) is 41.8 Å². The van der Waals surface area contributed by atoms with Gasteiger partial charge in [-0.1, -0.05) is 60.7 Å². The molecule has 2 atom stereocenters. The van der Waals surface area contributed by atoms with Crippen molar-refractivity contribution in [2.45, 2.75) is 18.9 Å². The molecule has 1 aliphatic rings. The summed E-state index contributed by atoms with van der Waals surface area (Å²) in [6.07, 6.45) is 0.731. The third kappa shape index (κ3) is 5.43. The number of amides is 2. The van der Waals surface area contributed by atoms with Gasteiger partial charge in [-0.3, -0.25) is 9.59 Å². The van der Waals surface area contributed by atoms with Crippen molar-refractivity contribution < 1.29 is 14.3 Å². The molecule has 2 amide bonds. The highest BCUT2D eigenvalue weighted by molar-refractivity contribution is 5.95. The number of likely N-dealkylation sites (tertiary alicyclic amines) is 1. The Hall–Kier alpha value is -3.60. The largest absolute Gasteiger partial charge is 0.497 e. The fourth-order valence-corrected chi connectivity index (χ4v) is 4.57. The minimum Gasteiger partial charge on any atom is -0.497 e. The van der Waals surface area contributed by atoms with Gasteiger partial charge in [-0.15, -0.1) is 0 Å². The lowest BCUT2D eigenvalue weighted by Gasteiger charge is -2.39. The van der Waals surface area contributed by atoms with Gasteiger partial charge in [0.25, 0.3) is 5.91 Å². The van der Waals surface area contributed by atoms with Crippen LogP contribution in [0.25, 0.3) is 0 Å². The number of methoxy groups -OCH3 is 1. The molecule has 0 radical (unpaired) electrons. The van der Waals surface area contributed by atoms with E-state index in [1.165, 1.54) is 0 Å². The van der Waals surface area contributed by atoms with Crippen LogP contribution in [0.5, 0.6) is 5.75 Å². The first-order valence-corrected chi connectivity index (χ1v) is 11.3. The van der Waals surface area contributed by atoms with Gasteiger partial charge in [-0.2, -0.15) is 0 Å². The molecule has 1 heterocycles. The molecule has 0 saturated carbocycles. The summed E-state index contributed by atoms with van der Waals surface area (Å²) >= 11 is 0. The normalized spacial score (nSPS) is 17.9. The minimum absolute atomic E-state index is 0.0539. The number of benzene rings is 3. The fraction of sp³-hybridized carbons (Fsp3) is 0.286. The van der Waals surface area contributed by atoms with Gasteiger partial charge in [0.05, 0.1) is 13.0 Å². The molecule has 0 bridgehead atoms. The molecule has 3 aromatic rings. The lowest BCUT2D eigenvalue weighted by atomic mass is 9.83. The van der Waals surface area contributed by atoms with E-state index in [0.29, 0.717) is 30.9 Å². The van der Waals surface area contributed by atoms with E-state index in [4.69, 9.17) is 4.74 Å². The summed E-state index contributed by atoms with van der Waals surface area (Å²) in [5, 5.41) is 0. The van der Waals surface area contributed by atoms with Gasteiger partial charge < -0.3 is 14.5 Å². The number of hydrogen-bond acceptors (Lipinski definition) is 3. The van der Waals surface area contributed by atoms with Crippen molar-refractivity contribution in [1.82, 2.24) is 9.80 Å². The first-order chi connectivity index (χ1) is 16.0. The first-order valence-electron chi connectivity index (χ1n) is 11.3. The van der Waals surface area contributed by atoms with Crippen molar-refractivity contribution in [3.63, 3.8) is 0 Å². The number of piperidine rings is 1. The van der Waals surface area contributed by atoms with Gasteiger partial charge in [0, 0.05) is 38.2 Å². The molecule has 3 aromatic carbocycles. The molecule has 0 aromatic heterocycles. The van der Waals surface area contributed by atoms with Crippen LogP contribution in [-0.2, 0) is 11.3 Å². The lowest BCUT2D eigenvalue weighted by Crippen LogP contribution is -2.48. The van der Waals surface area contributed by atoms with E-state index in [2.05, 4.69) is 12.1 Å². The number of nitrogens with zero attached hydrogens (tertiary/aromatic N) is 2. The second kappa shape index (κ2) is 10.3. The molecule has 0 N–H and O–H groups in total. The van der Waals surface area contributed by atoms with E-state index < -0.39 is 0 Å². The summed E-state index contributed by atoms with van der Waals surface area (Å²) < 4.78 is 5.22. The Labute approximate surface area is 195 Å². The van der Waals surface area contributed by atoms with Crippen molar-refractivity contribution in [3.8, 4) is 5.75 Å².